The summed E-state index contributed by atoms with van der Waals surface area (Å²) in [4.78, 5) is 13.1. The van der Waals surface area contributed by atoms with Gasteiger partial charge in [-0.1, -0.05) is 18.5 Å². The normalized spacial score (nSPS) is 16.4. The molecule has 1 saturated heterocycles. The quantitative estimate of drug-likeness (QED) is 0.639. The van der Waals surface area contributed by atoms with Crippen molar-refractivity contribution in [3.05, 3.63) is 52.5 Å². The largest absolute Gasteiger partial charge is 0.497 e. The summed E-state index contributed by atoms with van der Waals surface area (Å²) in [5.74, 6) is 1.25. The van der Waals surface area contributed by atoms with Gasteiger partial charge in [0.15, 0.2) is 0 Å². The third kappa shape index (κ3) is 5.19. The Labute approximate surface area is 194 Å². The summed E-state index contributed by atoms with van der Waals surface area (Å²) in [6.45, 7) is 4.87. The zero-order valence-corrected chi connectivity index (χ0v) is 20.3. The Morgan fingerprint density at radius 3 is 2.44 bits per heavy atom. The van der Waals surface area contributed by atoms with Crippen molar-refractivity contribution in [2.24, 2.45) is 5.92 Å². The first-order valence-corrected chi connectivity index (χ1v) is 12.3. The third-order valence-electron chi connectivity index (χ3n) is 5.81. The summed E-state index contributed by atoms with van der Waals surface area (Å²) in [7, 11) is -0.593. The van der Waals surface area contributed by atoms with Crippen LogP contribution in [0.15, 0.2) is 41.3 Å². The van der Waals surface area contributed by atoms with Crippen LogP contribution in [0.4, 0.5) is 0 Å². The first kappa shape index (κ1) is 24.4. The van der Waals surface area contributed by atoms with E-state index in [1.807, 2.05) is 0 Å². The minimum Gasteiger partial charge on any atom is -0.497 e. The maximum atomic E-state index is 13.1. The SMILES string of the molecule is COc1ccc(OC)c(C(C)NC(=O)c2cc(S(=O)(=O)N3CCC(C)CC3)ccc2Cl)c1. The summed E-state index contributed by atoms with van der Waals surface area (Å²) in [5.41, 5.74) is 0.828. The Morgan fingerprint density at radius 1 is 1.12 bits per heavy atom. The number of nitrogens with zero attached hydrogens (tertiary/aromatic N) is 1. The van der Waals surface area contributed by atoms with Crippen LogP contribution in [-0.4, -0.2) is 45.9 Å². The van der Waals surface area contributed by atoms with E-state index in [1.165, 1.54) is 22.5 Å². The number of rotatable bonds is 7. The molecule has 1 unspecified atom stereocenters. The number of piperidine rings is 1. The van der Waals surface area contributed by atoms with E-state index >= 15 is 0 Å². The molecule has 0 aliphatic carbocycles. The first-order chi connectivity index (χ1) is 15.2. The zero-order valence-electron chi connectivity index (χ0n) is 18.7. The number of ether oxygens (including phenoxy) is 2. The Hall–Kier alpha value is -2.29. The van der Waals surface area contributed by atoms with E-state index in [0.717, 1.165) is 18.4 Å². The number of hydrogen-bond acceptors (Lipinski definition) is 5. The Morgan fingerprint density at radius 2 is 1.81 bits per heavy atom. The topological polar surface area (TPSA) is 84.9 Å². The molecule has 1 N–H and O–H groups in total. The molecule has 1 heterocycles. The number of halogens is 1. The predicted octanol–water partition coefficient (Wildman–Crippen LogP) is 4.27. The van der Waals surface area contributed by atoms with E-state index < -0.39 is 22.0 Å². The minimum absolute atomic E-state index is 0.0632. The average Bonchev–Trinajstić information content (AvgIpc) is 2.78. The van der Waals surface area contributed by atoms with Gasteiger partial charge in [0.05, 0.1) is 35.7 Å². The van der Waals surface area contributed by atoms with E-state index in [1.54, 1.807) is 39.3 Å². The maximum Gasteiger partial charge on any atom is 0.253 e. The lowest BCUT2D eigenvalue weighted by Crippen LogP contribution is -2.38. The Kier molecular flexibility index (Phi) is 7.69. The monoisotopic (exact) mass is 480 g/mol. The Balaban J connectivity index is 1.85. The first-order valence-electron chi connectivity index (χ1n) is 10.5. The number of hydrogen-bond donors (Lipinski definition) is 1. The second-order valence-electron chi connectivity index (χ2n) is 8.03. The van der Waals surface area contributed by atoms with Gasteiger partial charge >= 0.3 is 0 Å². The van der Waals surface area contributed by atoms with Gasteiger partial charge in [0.1, 0.15) is 11.5 Å². The van der Waals surface area contributed by atoms with Gasteiger partial charge in [0, 0.05) is 18.7 Å². The highest BCUT2D eigenvalue weighted by molar-refractivity contribution is 7.89. The number of amides is 1. The molecule has 0 aromatic heterocycles. The Bertz CT molecular complexity index is 1080. The molecule has 9 heteroatoms. The maximum absolute atomic E-state index is 13.1. The summed E-state index contributed by atoms with van der Waals surface area (Å²) < 4.78 is 38.3. The molecule has 3 rings (SSSR count). The fraction of sp³-hybridized carbons (Fsp3) is 0.435. The standard InChI is InChI=1S/C23H29ClN2O5S/c1-15-9-11-26(12-10-15)32(28,29)18-6-7-21(24)20(14-18)23(27)25-16(2)19-13-17(30-3)5-8-22(19)31-4/h5-8,13-16H,9-12H2,1-4H3,(H,25,27). The van der Waals surface area contributed by atoms with Gasteiger partial charge in [0.25, 0.3) is 5.91 Å². The van der Waals surface area contributed by atoms with Gasteiger partial charge < -0.3 is 14.8 Å². The molecule has 2 aromatic rings. The van der Waals surface area contributed by atoms with Crippen LogP contribution in [0.2, 0.25) is 5.02 Å². The molecule has 0 saturated carbocycles. The summed E-state index contributed by atoms with van der Waals surface area (Å²) in [5, 5.41) is 3.06. The number of carbonyl (C=O) groups is 1. The van der Waals surface area contributed by atoms with E-state index in [2.05, 4.69) is 12.2 Å². The molecule has 32 heavy (non-hydrogen) atoms. The molecule has 1 amide bonds. The van der Waals surface area contributed by atoms with E-state index in [9.17, 15) is 13.2 Å². The second kappa shape index (κ2) is 10.1. The number of sulfonamides is 1. The molecule has 1 fully saturated rings. The van der Waals surface area contributed by atoms with Crippen LogP contribution in [0, 0.1) is 5.92 Å². The molecule has 0 radical (unpaired) electrons. The molecular weight excluding hydrogens is 452 g/mol. The fourth-order valence-corrected chi connectivity index (χ4v) is 5.44. The fourth-order valence-electron chi connectivity index (χ4n) is 3.74. The molecule has 1 atom stereocenters. The number of benzene rings is 2. The van der Waals surface area contributed by atoms with Gasteiger partial charge in [-0.05, 0) is 62.1 Å². The van der Waals surface area contributed by atoms with Crippen LogP contribution >= 0.6 is 11.6 Å². The summed E-state index contributed by atoms with van der Waals surface area (Å²) in [6, 6.07) is 9.12. The van der Waals surface area contributed by atoms with Crippen LogP contribution in [0.1, 0.15) is 48.7 Å². The lowest BCUT2D eigenvalue weighted by atomic mass is 10.0. The van der Waals surface area contributed by atoms with Crippen LogP contribution < -0.4 is 14.8 Å². The smallest absolute Gasteiger partial charge is 0.253 e. The number of nitrogens with one attached hydrogen (secondary N) is 1. The highest BCUT2D eigenvalue weighted by atomic mass is 35.5. The van der Waals surface area contributed by atoms with Crippen molar-refractivity contribution in [3.8, 4) is 11.5 Å². The average molecular weight is 481 g/mol. The number of methoxy groups -OCH3 is 2. The summed E-state index contributed by atoms with van der Waals surface area (Å²) >= 11 is 6.27. The van der Waals surface area contributed by atoms with Crippen molar-refractivity contribution in [3.63, 3.8) is 0 Å². The minimum atomic E-state index is -3.70. The molecule has 1 aliphatic heterocycles. The molecular formula is C23H29ClN2O5S. The van der Waals surface area contributed by atoms with Crippen molar-refractivity contribution in [2.45, 2.75) is 37.6 Å². The van der Waals surface area contributed by atoms with E-state index in [4.69, 9.17) is 21.1 Å². The third-order valence-corrected chi connectivity index (χ3v) is 8.04. The van der Waals surface area contributed by atoms with Crippen LogP contribution in [-0.2, 0) is 10.0 Å². The molecule has 2 aromatic carbocycles. The van der Waals surface area contributed by atoms with Gasteiger partial charge in [0.2, 0.25) is 10.0 Å². The van der Waals surface area contributed by atoms with E-state index in [-0.39, 0.29) is 15.5 Å². The molecule has 0 spiro atoms. The lowest BCUT2D eigenvalue weighted by Gasteiger charge is -2.29. The molecule has 174 valence electrons. The van der Waals surface area contributed by atoms with Crippen molar-refractivity contribution in [2.75, 3.05) is 27.3 Å². The highest BCUT2D eigenvalue weighted by Gasteiger charge is 2.29. The predicted molar refractivity (Wildman–Crippen MR) is 124 cm³/mol. The molecule has 1 aliphatic rings. The lowest BCUT2D eigenvalue weighted by molar-refractivity contribution is 0.0939. The van der Waals surface area contributed by atoms with Gasteiger partial charge in [-0.2, -0.15) is 4.31 Å². The second-order valence-corrected chi connectivity index (χ2v) is 10.4. The van der Waals surface area contributed by atoms with Crippen molar-refractivity contribution < 1.29 is 22.7 Å². The van der Waals surface area contributed by atoms with Gasteiger partial charge in [-0.3, -0.25) is 4.79 Å². The van der Waals surface area contributed by atoms with Gasteiger partial charge in [-0.15, -0.1) is 0 Å². The molecule has 7 nitrogen and oxygen atoms in total. The van der Waals surface area contributed by atoms with Gasteiger partial charge in [-0.25, -0.2) is 8.42 Å². The van der Waals surface area contributed by atoms with E-state index in [0.29, 0.717) is 30.5 Å². The zero-order chi connectivity index (χ0) is 23.5. The van der Waals surface area contributed by atoms with Crippen molar-refractivity contribution in [1.82, 2.24) is 9.62 Å². The number of carbonyl (C=O) groups excluding carboxylic acids is 1. The van der Waals surface area contributed by atoms with Crippen LogP contribution in [0.3, 0.4) is 0 Å². The van der Waals surface area contributed by atoms with Crippen molar-refractivity contribution in [1.29, 1.82) is 0 Å². The van der Waals surface area contributed by atoms with Crippen LogP contribution in [0.5, 0.6) is 11.5 Å². The summed E-state index contributed by atoms with van der Waals surface area (Å²) in [6.07, 6.45) is 1.64. The van der Waals surface area contributed by atoms with Crippen molar-refractivity contribution >= 4 is 27.5 Å². The highest BCUT2D eigenvalue weighted by Crippen LogP contribution is 2.30. The van der Waals surface area contributed by atoms with Crippen LogP contribution in [0.25, 0.3) is 0 Å². The molecule has 0 bridgehead atoms.